The summed E-state index contributed by atoms with van der Waals surface area (Å²) in [6.45, 7) is 3.03. The van der Waals surface area contributed by atoms with Crippen LogP contribution >= 0.6 is 0 Å². The van der Waals surface area contributed by atoms with Crippen molar-refractivity contribution in [1.29, 1.82) is 0 Å². The molecule has 3 heteroatoms. The summed E-state index contributed by atoms with van der Waals surface area (Å²) in [5, 5.41) is 3.38. The largest absolute Gasteiger partial charge is 0.357 e. The maximum atomic E-state index is 4.34. The molecule has 0 saturated heterocycles. The van der Waals surface area contributed by atoms with Crippen molar-refractivity contribution in [2.45, 2.75) is 19.4 Å². The third kappa shape index (κ3) is 3.12. The van der Waals surface area contributed by atoms with Crippen molar-refractivity contribution in [3.63, 3.8) is 0 Å². The number of hydrogen-bond donors (Lipinski definition) is 1. The van der Waals surface area contributed by atoms with Crippen molar-refractivity contribution >= 4 is 5.82 Å². The highest BCUT2D eigenvalue weighted by Crippen LogP contribution is 2.18. The van der Waals surface area contributed by atoms with Crippen LogP contribution in [0.4, 0.5) is 5.82 Å². The number of fused-ring (bicyclic) bond motifs is 1. The van der Waals surface area contributed by atoms with E-state index in [9.17, 15) is 0 Å². The standard InChI is InChI=1S/C16H19N3/c1-2-6-14(7-3-1)8-5-11-19-12-15-9-4-10-17-16(15)18-13-19/h1-4,6-7,9-10H,5,8,11-13H2,(H,17,18). The predicted molar refractivity (Wildman–Crippen MR) is 77.9 cm³/mol. The van der Waals surface area contributed by atoms with E-state index >= 15 is 0 Å². The number of aromatic nitrogens is 1. The minimum Gasteiger partial charge on any atom is -0.357 e. The van der Waals surface area contributed by atoms with Crippen LogP contribution in [0.1, 0.15) is 17.5 Å². The van der Waals surface area contributed by atoms with Crippen LogP contribution in [0.5, 0.6) is 0 Å². The zero-order valence-corrected chi connectivity index (χ0v) is 11.0. The quantitative estimate of drug-likeness (QED) is 0.908. The number of anilines is 1. The van der Waals surface area contributed by atoms with Crippen LogP contribution in [-0.2, 0) is 13.0 Å². The van der Waals surface area contributed by atoms with Crippen LogP contribution in [0.2, 0.25) is 0 Å². The first-order valence-electron chi connectivity index (χ1n) is 6.86. The van der Waals surface area contributed by atoms with Gasteiger partial charge in [0.1, 0.15) is 5.82 Å². The van der Waals surface area contributed by atoms with Gasteiger partial charge in [0.15, 0.2) is 0 Å². The second-order valence-corrected chi connectivity index (χ2v) is 4.99. The van der Waals surface area contributed by atoms with Crippen LogP contribution in [0.3, 0.4) is 0 Å². The average molecular weight is 253 g/mol. The van der Waals surface area contributed by atoms with Gasteiger partial charge in [0, 0.05) is 24.8 Å². The molecule has 3 rings (SSSR count). The van der Waals surface area contributed by atoms with Crippen molar-refractivity contribution in [3.05, 3.63) is 59.8 Å². The molecule has 0 bridgehead atoms. The Labute approximate surface area is 114 Å². The molecular weight excluding hydrogens is 234 g/mol. The van der Waals surface area contributed by atoms with Gasteiger partial charge in [0.25, 0.3) is 0 Å². The highest BCUT2D eigenvalue weighted by atomic mass is 15.3. The van der Waals surface area contributed by atoms with Crippen molar-refractivity contribution in [2.24, 2.45) is 0 Å². The molecule has 0 radical (unpaired) electrons. The van der Waals surface area contributed by atoms with Crippen molar-refractivity contribution in [1.82, 2.24) is 9.88 Å². The van der Waals surface area contributed by atoms with Crippen LogP contribution < -0.4 is 5.32 Å². The van der Waals surface area contributed by atoms with Crippen molar-refractivity contribution < 1.29 is 0 Å². The number of pyridine rings is 1. The Hall–Kier alpha value is -1.87. The van der Waals surface area contributed by atoms with Crippen LogP contribution in [0.25, 0.3) is 0 Å². The summed E-state index contributed by atoms with van der Waals surface area (Å²) in [4.78, 5) is 6.78. The van der Waals surface area contributed by atoms with E-state index in [0.717, 1.165) is 32.0 Å². The molecule has 1 N–H and O–H groups in total. The lowest BCUT2D eigenvalue weighted by atomic mass is 10.1. The molecule has 1 aromatic heterocycles. The second kappa shape index (κ2) is 5.85. The number of aryl methyl sites for hydroxylation is 1. The molecule has 0 aliphatic carbocycles. The minimum absolute atomic E-state index is 0.902. The van der Waals surface area contributed by atoms with Gasteiger partial charge in [-0.15, -0.1) is 0 Å². The molecule has 0 amide bonds. The van der Waals surface area contributed by atoms with Crippen LogP contribution in [-0.4, -0.2) is 23.1 Å². The number of benzene rings is 1. The van der Waals surface area contributed by atoms with Gasteiger partial charge in [-0.3, -0.25) is 4.90 Å². The summed E-state index contributed by atoms with van der Waals surface area (Å²) >= 11 is 0. The van der Waals surface area contributed by atoms with Gasteiger partial charge in [0.2, 0.25) is 0 Å². The molecule has 0 spiro atoms. The van der Waals surface area contributed by atoms with Gasteiger partial charge in [0.05, 0.1) is 6.67 Å². The Balaban J connectivity index is 1.50. The van der Waals surface area contributed by atoms with Gasteiger partial charge in [-0.25, -0.2) is 4.98 Å². The first-order chi connectivity index (χ1) is 9.42. The molecule has 3 nitrogen and oxygen atoms in total. The summed E-state index contributed by atoms with van der Waals surface area (Å²) in [6.07, 6.45) is 4.19. The molecule has 1 aromatic carbocycles. The molecule has 0 saturated carbocycles. The lowest BCUT2D eigenvalue weighted by Gasteiger charge is -2.28. The summed E-state index contributed by atoms with van der Waals surface area (Å²) in [7, 11) is 0. The molecule has 98 valence electrons. The normalized spacial score (nSPS) is 14.7. The number of rotatable bonds is 4. The van der Waals surface area contributed by atoms with E-state index in [0.29, 0.717) is 0 Å². The monoisotopic (exact) mass is 253 g/mol. The Bertz CT molecular complexity index is 525. The van der Waals surface area contributed by atoms with Crippen LogP contribution in [0, 0.1) is 0 Å². The molecule has 2 aromatic rings. The number of nitrogens with one attached hydrogen (secondary N) is 1. The molecule has 0 unspecified atom stereocenters. The summed E-state index contributed by atoms with van der Waals surface area (Å²) in [5.74, 6) is 1.04. The van der Waals surface area contributed by atoms with E-state index in [-0.39, 0.29) is 0 Å². The average Bonchev–Trinajstić information content (AvgIpc) is 2.48. The van der Waals surface area contributed by atoms with Gasteiger partial charge >= 0.3 is 0 Å². The zero-order chi connectivity index (χ0) is 12.9. The van der Waals surface area contributed by atoms with E-state index < -0.39 is 0 Å². The van der Waals surface area contributed by atoms with Gasteiger partial charge in [-0.05, 0) is 24.5 Å². The summed E-state index contributed by atoms with van der Waals surface area (Å²) < 4.78 is 0. The smallest absolute Gasteiger partial charge is 0.131 e. The first kappa shape index (κ1) is 12.2. The molecular formula is C16H19N3. The lowest BCUT2D eigenvalue weighted by molar-refractivity contribution is 0.271. The maximum Gasteiger partial charge on any atom is 0.131 e. The maximum absolute atomic E-state index is 4.34. The first-order valence-corrected chi connectivity index (χ1v) is 6.86. The fourth-order valence-electron chi connectivity index (χ4n) is 2.52. The van der Waals surface area contributed by atoms with Gasteiger partial charge in [-0.1, -0.05) is 36.4 Å². The third-order valence-corrected chi connectivity index (χ3v) is 3.54. The minimum atomic E-state index is 0.902. The topological polar surface area (TPSA) is 28.2 Å². The lowest BCUT2D eigenvalue weighted by Crippen LogP contribution is -2.34. The predicted octanol–water partition coefficient (Wildman–Crippen LogP) is 2.90. The van der Waals surface area contributed by atoms with E-state index in [2.05, 4.69) is 51.6 Å². The summed E-state index contributed by atoms with van der Waals surface area (Å²) in [5.41, 5.74) is 2.72. The highest BCUT2D eigenvalue weighted by Gasteiger charge is 2.15. The zero-order valence-electron chi connectivity index (χ0n) is 11.0. The third-order valence-electron chi connectivity index (χ3n) is 3.54. The fraction of sp³-hybridized carbons (Fsp3) is 0.312. The Kier molecular flexibility index (Phi) is 3.75. The molecule has 1 aliphatic rings. The Morgan fingerprint density at radius 2 is 2.00 bits per heavy atom. The van der Waals surface area contributed by atoms with E-state index in [1.807, 2.05) is 12.3 Å². The van der Waals surface area contributed by atoms with Crippen molar-refractivity contribution in [2.75, 3.05) is 18.5 Å². The molecule has 0 fully saturated rings. The highest BCUT2D eigenvalue weighted by molar-refractivity contribution is 5.45. The Morgan fingerprint density at radius 3 is 2.89 bits per heavy atom. The molecule has 0 atom stereocenters. The molecule has 2 heterocycles. The number of hydrogen-bond acceptors (Lipinski definition) is 3. The second-order valence-electron chi connectivity index (χ2n) is 4.99. The number of nitrogens with zero attached hydrogens (tertiary/aromatic N) is 2. The van der Waals surface area contributed by atoms with Gasteiger partial charge in [-0.2, -0.15) is 0 Å². The van der Waals surface area contributed by atoms with E-state index in [4.69, 9.17) is 0 Å². The Morgan fingerprint density at radius 1 is 1.11 bits per heavy atom. The molecule has 1 aliphatic heterocycles. The van der Waals surface area contributed by atoms with E-state index in [1.54, 1.807) is 0 Å². The van der Waals surface area contributed by atoms with Crippen LogP contribution in [0.15, 0.2) is 48.7 Å². The van der Waals surface area contributed by atoms with Crippen molar-refractivity contribution in [3.8, 4) is 0 Å². The van der Waals surface area contributed by atoms with E-state index in [1.165, 1.54) is 17.5 Å². The fourth-order valence-corrected chi connectivity index (χ4v) is 2.52. The SMILES string of the molecule is c1ccc(CCCN2CNc3ncccc3C2)cc1. The molecule has 19 heavy (non-hydrogen) atoms. The van der Waals surface area contributed by atoms with Gasteiger partial charge < -0.3 is 5.32 Å². The summed E-state index contributed by atoms with van der Waals surface area (Å²) in [6, 6.07) is 14.9.